The number of halogens is 7. The van der Waals surface area contributed by atoms with E-state index in [1.54, 1.807) is 0 Å². The van der Waals surface area contributed by atoms with Crippen LogP contribution in [0.15, 0.2) is 12.1 Å². The van der Waals surface area contributed by atoms with Gasteiger partial charge in [-0.15, -0.1) is 0 Å². The highest BCUT2D eigenvalue weighted by Crippen LogP contribution is 2.36. The fourth-order valence-electron chi connectivity index (χ4n) is 1.29. The standard InChI is InChI=1S/C11H7ClF6O4/c12-8-6(22-4-11(16,17)18)2-1-5(7(8)9(19)20)21-3-10(13,14)15/h1-2H,3-4H2,(H,19,20). The molecule has 0 saturated heterocycles. The Kier molecular flexibility index (Phi) is 5.39. The molecular weight excluding hydrogens is 346 g/mol. The smallest absolute Gasteiger partial charge is 0.422 e. The Bertz CT molecular complexity index is 555. The van der Waals surface area contributed by atoms with Gasteiger partial charge in [-0.2, -0.15) is 26.3 Å². The van der Waals surface area contributed by atoms with E-state index in [0.29, 0.717) is 0 Å². The lowest BCUT2D eigenvalue weighted by Gasteiger charge is -2.15. The summed E-state index contributed by atoms with van der Waals surface area (Å²) < 4.78 is 80.8. The van der Waals surface area contributed by atoms with Crippen LogP contribution in [0.5, 0.6) is 11.5 Å². The highest BCUT2D eigenvalue weighted by Gasteiger charge is 2.32. The molecule has 124 valence electrons. The Labute approximate surface area is 124 Å². The summed E-state index contributed by atoms with van der Waals surface area (Å²) in [4.78, 5) is 11.0. The summed E-state index contributed by atoms with van der Waals surface area (Å²) in [5, 5.41) is 8.11. The normalized spacial score (nSPS) is 12.1. The lowest BCUT2D eigenvalue weighted by atomic mass is 10.2. The van der Waals surface area contributed by atoms with E-state index in [2.05, 4.69) is 9.47 Å². The van der Waals surface area contributed by atoms with Crippen molar-refractivity contribution >= 4 is 17.6 Å². The lowest BCUT2D eigenvalue weighted by molar-refractivity contribution is -0.154. The summed E-state index contributed by atoms with van der Waals surface area (Å²) in [6.45, 7) is -3.53. The maximum Gasteiger partial charge on any atom is 0.422 e. The van der Waals surface area contributed by atoms with Gasteiger partial charge >= 0.3 is 18.3 Å². The molecule has 1 aromatic rings. The van der Waals surface area contributed by atoms with Crippen molar-refractivity contribution in [3.8, 4) is 11.5 Å². The molecule has 0 spiro atoms. The van der Waals surface area contributed by atoms with E-state index in [1.807, 2.05) is 0 Å². The third-order valence-corrected chi connectivity index (χ3v) is 2.44. The van der Waals surface area contributed by atoms with Crippen molar-refractivity contribution in [2.45, 2.75) is 12.4 Å². The molecule has 0 aromatic heterocycles. The van der Waals surface area contributed by atoms with Gasteiger partial charge in [0.05, 0.1) is 0 Å². The SMILES string of the molecule is O=C(O)c1c(OCC(F)(F)F)ccc(OCC(F)(F)F)c1Cl. The van der Waals surface area contributed by atoms with Gasteiger partial charge in [-0.05, 0) is 12.1 Å². The average molecular weight is 353 g/mol. The second-order valence-electron chi connectivity index (χ2n) is 3.86. The van der Waals surface area contributed by atoms with Crippen molar-refractivity contribution in [2.75, 3.05) is 13.2 Å². The number of hydrogen-bond acceptors (Lipinski definition) is 3. The van der Waals surface area contributed by atoms with Gasteiger partial charge in [0.1, 0.15) is 22.1 Å². The summed E-state index contributed by atoms with van der Waals surface area (Å²) in [5.41, 5.74) is -0.925. The first-order valence-electron chi connectivity index (χ1n) is 5.35. The van der Waals surface area contributed by atoms with Gasteiger partial charge in [0, 0.05) is 0 Å². The summed E-state index contributed by atoms with van der Waals surface area (Å²) in [6.07, 6.45) is -9.42. The third-order valence-electron chi connectivity index (χ3n) is 2.06. The van der Waals surface area contributed by atoms with Crippen molar-refractivity contribution in [1.82, 2.24) is 0 Å². The molecule has 0 amide bonds. The zero-order chi connectivity index (χ0) is 17.1. The van der Waals surface area contributed by atoms with E-state index in [-0.39, 0.29) is 0 Å². The van der Waals surface area contributed by atoms with Crippen LogP contribution in [0.2, 0.25) is 5.02 Å². The van der Waals surface area contributed by atoms with Crippen LogP contribution in [0.4, 0.5) is 26.3 Å². The predicted molar refractivity (Wildman–Crippen MR) is 61.5 cm³/mol. The highest BCUT2D eigenvalue weighted by molar-refractivity contribution is 6.35. The molecule has 0 heterocycles. The zero-order valence-electron chi connectivity index (χ0n) is 10.4. The van der Waals surface area contributed by atoms with Crippen LogP contribution in [0.1, 0.15) is 10.4 Å². The van der Waals surface area contributed by atoms with Crippen LogP contribution in [-0.4, -0.2) is 36.6 Å². The van der Waals surface area contributed by atoms with Gasteiger partial charge in [-0.25, -0.2) is 4.79 Å². The summed E-state index contributed by atoms with van der Waals surface area (Å²) in [7, 11) is 0. The topological polar surface area (TPSA) is 55.8 Å². The molecule has 0 radical (unpaired) electrons. The van der Waals surface area contributed by atoms with E-state index < -0.39 is 53.6 Å². The van der Waals surface area contributed by atoms with Gasteiger partial charge in [0.15, 0.2) is 13.2 Å². The minimum atomic E-state index is -4.73. The zero-order valence-corrected chi connectivity index (χ0v) is 11.1. The Morgan fingerprint density at radius 3 is 1.82 bits per heavy atom. The number of rotatable bonds is 5. The number of alkyl halides is 6. The lowest BCUT2D eigenvalue weighted by Crippen LogP contribution is -2.21. The monoisotopic (exact) mass is 352 g/mol. The van der Waals surface area contributed by atoms with E-state index in [1.165, 1.54) is 0 Å². The van der Waals surface area contributed by atoms with Crippen molar-refractivity contribution in [2.24, 2.45) is 0 Å². The number of aromatic carboxylic acids is 1. The van der Waals surface area contributed by atoms with Crippen LogP contribution in [0.3, 0.4) is 0 Å². The number of hydrogen-bond donors (Lipinski definition) is 1. The Hall–Kier alpha value is -1.84. The van der Waals surface area contributed by atoms with Crippen LogP contribution < -0.4 is 9.47 Å². The molecule has 4 nitrogen and oxygen atoms in total. The fraction of sp³-hybridized carbons (Fsp3) is 0.364. The first kappa shape index (κ1) is 18.2. The van der Waals surface area contributed by atoms with Crippen molar-refractivity contribution in [3.63, 3.8) is 0 Å². The molecule has 0 aliphatic heterocycles. The molecule has 1 aromatic carbocycles. The highest BCUT2D eigenvalue weighted by atomic mass is 35.5. The average Bonchev–Trinajstić information content (AvgIpc) is 2.32. The second kappa shape index (κ2) is 6.51. The maximum atomic E-state index is 12.1. The van der Waals surface area contributed by atoms with Gasteiger partial charge in [-0.1, -0.05) is 11.6 Å². The number of carboxylic acids is 1. The molecule has 0 aliphatic carbocycles. The Morgan fingerprint density at radius 1 is 1.00 bits per heavy atom. The molecular formula is C11H7ClF6O4. The van der Waals surface area contributed by atoms with Crippen LogP contribution >= 0.6 is 11.6 Å². The first-order chi connectivity index (χ1) is 9.91. The molecule has 0 bridgehead atoms. The fourth-order valence-corrected chi connectivity index (χ4v) is 1.58. The molecule has 0 saturated carbocycles. The van der Waals surface area contributed by atoms with Crippen LogP contribution in [-0.2, 0) is 0 Å². The Balaban J connectivity index is 3.07. The van der Waals surface area contributed by atoms with Crippen molar-refractivity contribution < 1.29 is 45.7 Å². The number of ether oxygens (including phenoxy) is 2. The molecule has 22 heavy (non-hydrogen) atoms. The number of carbonyl (C=O) groups is 1. The number of benzene rings is 1. The van der Waals surface area contributed by atoms with E-state index in [9.17, 15) is 31.1 Å². The number of carboxylic acid groups (broad SMARTS) is 1. The van der Waals surface area contributed by atoms with Crippen LogP contribution in [0, 0.1) is 0 Å². The second-order valence-corrected chi connectivity index (χ2v) is 4.24. The van der Waals surface area contributed by atoms with E-state index in [4.69, 9.17) is 16.7 Å². The minimum absolute atomic E-state index is 0.643. The van der Waals surface area contributed by atoms with Gasteiger partial charge in [-0.3, -0.25) is 0 Å². The molecule has 0 unspecified atom stereocenters. The summed E-state index contributed by atoms with van der Waals surface area (Å²) >= 11 is 5.55. The summed E-state index contributed by atoms with van der Waals surface area (Å²) in [6, 6.07) is 1.51. The molecule has 11 heteroatoms. The quantitative estimate of drug-likeness (QED) is 0.816. The Morgan fingerprint density at radius 2 is 1.41 bits per heavy atom. The minimum Gasteiger partial charge on any atom is -0.483 e. The third kappa shape index (κ3) is 5.51. The van der Waals surface area contributed by atoms with Gasteiger partial charge in [0.25, 0.3) is 0 Å². The van der Waals surface area contributed by atoms with E-state index >= 15 is 0 Å². The van der Waals surface area contributed by atoms with Crippen molar-refractivity contribution in [1.29, 1.82) is 0 Å². The van der Waals surface area contributed by atoms with Gasteiger partial charge < -0.3 is 14.6 Å². The summed E-state index contributed by atoms with van der Waals surface area (Å²) in [5.74, 6) is -3.16. The maximum absolute atomic E-state index is 12.1. The molecule has 0 fully saturated rings. The van der Waals surface area contributed by atoms with E-state index in [0.717, 1.165) is 12.1 Å². The predicted octanol–water partition coefficient (Wildman–Crippen LogP) is 3.92. The molecule has 0 aliphatic rings. The molecule has 0 atom stereocenters. The molecule has 1 rings (SSSR count). The first-order valence-corrected chi connectivity index (χ1v) is 5.73. The van der Waals surface area contributed by atoms with Crippen molar-refractivity contribution in [3.05, 3.63) is 22.7 Å². The largest absolute Gasteiger partial charge is 0.483 e. The van der Waals surface area contributed by atoms with Crippen LogP contribution in [0.25, 0.3) is 0 Å². The van der Waals surface area contributed by atoms with Gasteiger partial charge in [0.2, 0.25) is 0 Å². The molecule has 1 N–H and O–H groups in total.